The highest BCUT2D eigenvalue weighted by Gasteiger charge is 2.34. The minimum absolute atomic E-state index is 0.103. The lowest BCUT2D eigenvalue weighted by atomic mass is 10.0. The number of rotatable bonds is 9. The number of aromatic amines is 1. The van der Waals surface area contributed by atoms with Gasteiger partial charge in [0.05, 0.1) is 17.8 Å². The molecule has 0 spiro atoms. The third-order valence-corrected chi connectivity index (χ3v) is 6.60. The molecule has 0 radical (unpaired) electrons. The number of hydrogen-bond donors (Lipinski definition) is 4. The molecule has 0 aromatic carbocycles. The Labute approximate surface area is 199 Å². The number of carboxylic acids is 1. The number of carbonyl (C=O) groups is 3. The van der Waals surface area contributed by atoms with Crippen LogP contribution in [-0.2, 0) is 11.2 Å². The Balaban J connectivity index is 1.75. The van der Waals surface area contributed by atoms with Crippen LogP contribution in [0.5, 0.6) is 0 Å². The Kier molecular flexibility index (Phi) is 8.27. The highest BCUT2D eigenvalue weighted by Crippen LogP contribution is 2.30. The van der Waals surface area contributed by atoms with Gasteiger partial charge in [-0.15, -0.1) is 0 Å². The number of aryl methyl sites for hydroxylation is 1. The van der Waals surface area contributed by atoms with Gasteiger partial charge in [-0.05, 0) is 26.7 Å². The molecule has 2 aromatic heterocycles. The Morgan fingerprint density at radius 1 is 1.27 bits per heavy atom. The maximum absolute atomic E-state index is 12.7. The van der Waals surface area contributed by atoms with Crippen molar-refractivity contribution in [3.8, 4) is 0 Å². The predicted octanol–water partition coefficient (Wildman–Crippen LogP) is 1.94. The van der Waals surface area contributed by atoms with Crippen LogP contribution in [0, 0.1) is 0 Å². The van der Waals surface area contributed by atoms with E-state index in [1.165, 1.54) is 0 Å². The molecule has 11 nitrogen and oxygen atoms in total. The summed E-state index contributed by atoms with van der Waals surface area (Å²) in [7, 11) is 0. The minimum atomic E-state index is -1.20. The van der Waals surface area contributed by atoms with E-state index in [1.807, 2.05) is 18.7 Å². The van der Waals surface area contributed by atoms with Gasteiger partial charge in [-0.2, -0.15) is 0 Å². The molecular weight excluding hydrogens is 472 g/mol. The molecule has 2 amide bonds. The minimum Gasteiger partial charge on any atom is -0.477 e. The topological polar surface area (TPSA) is 150 Å². The van der Waals surface area contributed by atoms with Crippen molar-refractivity contribution in [3.05, 3.63) is 27.2 Å². The molecule has 1 aliphatic heterocycles. The second kappa shape index (κ2) is 10.9. The van der Waals surface area contributed by atoms with E-state index in [4.69, 9.17) is 16.3 Å². The van der Waals surface area contributed by atoms with E-state index in [-0.39, 0.29) is 39.6 Å². The van der Waals surface area contributed by atoms with Gasteiger partial charge in [0, 0.05) is 26.2 Å². The van der Waals surface area contributed by atoms with E-state index >= 15 is 0 Å². The van der Waals surface area contributed by atoms with Crippen LogP contribution >= 0.6 is 22.9 Å². The van der Waals surface area contributed by atoms with Crippen molar-refractivity contribution in [1.82, 2.24) is 25.6 Å². The van der Waals surface area contributed by atoms with Crippen LogP contribution in [0.3, 0.4) is 0 Å². The number of H-pyrrole nitrogens is 1. The smallest absolute Gasteiger partial charge is 0.348 e. The molecule has 2 aromatic rings. The molecule has 3 heterocycles. The number of ether oxygens (including phenoxy) is 1. The fourth-order valence-electron chi connectivity index (χ4n) is 3.59. The zero-order valence-electron chi connectivity index (χ0n) is 18.6. The first-order chi connectivity index (χ1) is 15.8. The molecule has 33 heavy (non-hydrogen) atoms. The molecule has 0 bridgehead atoms. The summed E-state index contributed by atoms with van der Waals surface area (Å²) in [4.78, 5) is 49.7. The normalized spacial score (nSPS) is 18.2. The zero-order valence-corrected chi connectivity index (χ0v) is 20.2. The van der Waals surface area contributed by atoms with Crippen LogP contribution in [0.1, 0.15) is 63.7 Å². The molecular formula is C20H27ClN6O5S. The van der Waals surface area contributed by atoms with Gasteiger partial charge < -0.3 is 30.4 Å². The van der Waals surface area contributed by atoms with Crippen molar-refractivity contribution < 1.29 is 24.2 Å². The molecule has 3 rings (SSSR count). The van der Waals surface area contributed by atoms with E-state index in [1.54, 1.807) is 6.92 Å². The van der Waals surface area contributed by atoms with Crippen LogP contribution in [-0.4, -0.2) is 76.2 Å². The second-order valence-electron chi connectivity index (χ2n) is 7.36. The Morgan fingerprint density at radius 2 is 2.03 bits per heavy atom. The average Bonchev–Trinajstić information content (AvgIpc) is 3.39. The van der Waals surface area contributed by atoms with Crippen LogP contribution in [0.15, 0.2) is 0 Å². The van der Waals surface area contributed by atoms with Gasteiger partial charge >= 0.3 is 5.97 Å². The fourth-order valence-corrected chi connectivity index (χ4v) is 4.79. The number of nitrogens with zero attached hydrogens (tertiary/aromatic N) is 3. The molecule has 1 fully saturated rings. The third kappa shape index (κ3) is 5.63. The Hall–Kier alpha value is -2.70. The van der Waals surface area contributed by atoms with Crippen LogP contribution in [0.25, 0.3) is 0 Å². The molecule has 0 aliphatic carbocycles. The lowest BCUT2D eigenvalue weighted by molar-refractivity contribution is 0.0271. The monoisotopic (exact) mass is 498 g/mol. The number of nitrogens with one attached hydrogen (secondary N) is 3. The molecule has 0 saturated carbocycles. The van der Waals surface area contributed by atoms with Gasteiger partial charge in [-0.3, -0.25) is 9.59 Å². The van der Waals surface area contributed by atoms with Crippen molar-refractivity contribution in [2.45, 2.75) is 45.8 Å². The first kappa shape index (κ1) is 24.9. The van der Waals surface area contributed by atoms with Crippen molar-refractivity contribution in [2.24, 2.45) is 0 Å². The number of aromatic carboxylic acids is 1. The quantitative estimate of drug-likeness (QED) is 0.409. The number of anilines is 1. The summed E-state index contributed by atoms with van der Waals surface area (Å²) in [5.41, 5.74) is 0.591. The highest BCUT2D eigenvalue weighted by atomic mass is 35.5. The van der Waals surface area contributed by atoms with Crippen molar-refractivity contribution >= 4 is 45.9 Å². The summed E-state index contributed by atoms with van der Waals surface area (Å²) in [6, 6.07) is -0.288. The van der Waals surface area contributed by atoms with E-state index in [0.717, 1.165) is 11.3 Å². The molecule has 1 aliphatic rings. The fraction of sp³-hybridized carbons (Fsp3) is 0.550. The molecule has 180 valence electrons. The average molecular weight is 499 g/mol. The molecule has 1 saturated heterocycles. The van der Waals surface area contributed by atoms with Gasteiger partial charge in [0.1, 0.15) is 4.88 Å². The number of aromatic nitrogens is 3. The molecule has 13 heteroatoms. The lowest BCUT2D eigenvalue weighted by Crippen LogP contribution is -2.55. The van der Waals surface area contributed by atoms with Crippen molar-refractivity contribution in [3.63, 3.8) is 0 Å². The van der Waals surface area contributed by atoms with E-state index in [9.17, 15) is 19.5 Å². The largest absolute Gasteiger partial charge is 0.477 e. The summed E-state index contributed by atoms with van der Waals surface area (Å²) in [6.45, 7) is 7.18. The number of thiazole rings is 1. The Bertz CT molecular complexity index is 1020. The van der Waals surface area contributed by atoms with Gasteiger partial charge in [-0.1, -0.05) is 29.9 Å². The summed E-state index contributed by atoms with van der Waals surface area (Å²) in [6.07, 6.45) is 0.793. The maximum Gasteiger partial charge on any atom is 0.348 e. The molecule has 2 atom stereocenters. The van der Waals surface area contributed by atoms with E-state index < -0.39 is 11.9 Å². The van der Waals surface area contributed by atoms with Crippen molar-refractivity contribution in [2.75, 3.05) is 31.1 Å². The summed E-state index contributed by atoms with van der Waals surface area (Å²) in [5, 5.41) is 15.8. The lowest BCUT2D eigenvalue weighted by Gasteiger charge is -2.38. The number of carbonyl (C=O) groups excluding carboxylic acids is 2. The number of carboxylic acid groups (broad SMARTS) is 1. The molecule has 2 unspecified atom stereocenters. The molecule has 4 N–H and O–H groups in total. The number of hydrogen-bond acceptors (Lipinski definition) is 8. The first-order valence-electron chi connectivity index (χ1n) is 10.7. The Morgan fingerprint density at radius 3 is 2.64 bits per heavy atom. The van der Waals surface area contributed by atoms with Gasteiger partial charge in [-0.25, -0.2) is 14.8 Å². The van der Waals surface area contributed by atoms with Crippen LogP contribution in [0.4, 0.5) is 5.13 Å². The van der Waals surface area contributed by atoms with Gasteiger partial charge in [0.2, 0.25) is 0 Å². The number of amides is 2. The maximum atomic E-state index is 12.7. The predicted molar refractivity (Wildman–Crippen MR) is 124 cm³/mol. The number of imidazole rings is 1. The van der Waals surface area contributed by atoms with Crippen molar-refractivity contribution in [1.29, 1.82) is 0 Å². The first-order valence-corrected chi connectivity index (χ1v) is 11.9. The van der Waals surface area contributed by atoms with Gasteiger partial charge in [0.25, 0.3) is 11.8 Å². The highest BCUT2D eigenvalue weighted by molar-refractivity contribution is 7.17. The number of halogens is 1. The zero-order chi connectivity index (χ0) is 24.1. The third-order valence-electron chi connectivity index (χ3n) is 5.19. The summed E-state index contributed by atoms with van der Waals surface area (Å²) >= 11 is 7.00. The van der Waals surface area contributed by atoms with Crippen LogP contribution in [0.2, 0.25) is 5.15 Å². The van der Waals surface area contributed by atoms with E-state index in [0.29, 0.717) is 49.9 Å². The SMILES string of the molecule is CCNC(=O)c1nc(N2CCC(NC(=O)c3nc(Cl)c(CC)[nH]3)C(OCC)C2)sc1C(=O)O. The number of piperidine rings is 1. The van der Waals surface area contributed by atoms with Crippen LogP contribution < -0.4 is 15.5 Å². The standard InChI is InChI=1S/C20H27ClN6O5S/c1-4-10-15(21)26-16(23-10)18(29)24-11-7-8-27(9-12(11)32-6-3)20-25-13(17(28)22-5-2)14(33-20)19(30)31/h11-12H,4-9H2,1-3H3,(H,22,28)(H,23,26)(H,24,29)(H,30,31). The summed E-state index contributed by atoms with van der Waals surface area (Å²) < 4.78 is 5.87. The van der Waals surface area contributed by atoms with E-state index in [2.05, 4.69) is 25.6 Å². The van der Waals surface area contributed by atoms with Gasteiger partial charge in [0.15, 0.2) is 21.8 Å². The summed E-state index contributed by atoms with van der Waals surface area (Å²) in [5.74, 6) is -1.95. The second-order valence-corrected chi connectivity index (χ2v) is 8.69.